The van der Waals surface area contributed by atoms with Crippen molar-refractivity contribution < 1.29 is 56.5 Å². The first-order valence-electron chi connectivity index (χ1n) is 9.93. The molecular weight excluding hydrogens is 451 g/mol. The van der Waals surface area contributed by atoms with Crippen molar-refractivity contribution in [1.82, 2.24) is 0 Å². The van der Waals surface area contributed by atoms with Gasteiger partial charge in [0.05, 0.1) is 12.3 Å². The average molecular weight is 482 g/mol. The van der Waals surface area contributed by atoms with E-state index in [1.165, 1.54) is 21.1 Å². The Morgan fingerprint density at radius 1 is 0.750 bits per heavy atom. The molecule has 32 heavy (non-hydrogen) atoms. The SMILES string of the molecule is COP(=O)(CCC[C@H]1O[C@H](COC(C)=O)[C@@H](OC(C)=O)[C@H](OC(C)=O)[C@H]1OC(C)=O)OC. The molecule has 5 atom stereocenters. The van der Waals surface area contributed by atoms with E-state index in [9.17, 15) is 23.7 Å². The van der Waals surface area contributed by atoms with Gasteiger partial charge in [-0.05, 0) is 12.8 Å². The lowest BCUT2D eigenvalue weighted by Gasteiger charge is -2.44. The Bertz CT molecular complexity index is 715. The molecule has 0 saturated carbocycles. The normalized spacial score (nSPS) is 25.5. The fourth-order valence-corrected chi connectivity index (χ4v) is 4.38. The van der Waals surface area contributed by atoms with Crippen molar-refractivity contribution in [3.63, 3.8) is 0 Å². The van der Waals surface area contributed by atoms with E-state index in [0.29, 0.717) is 0 Å². The summed E-state index contributed by atoms with van der Waals surface area (Å²) in [4.78, 5) is 46.5. The van der Waals surface area contributed by atoms with Crippen LogP contribution in [0.15, 0.2) is 0 Å². The summed E-state index contributed by atoms with van der Waals surface area (Å²) in [5, 5.41) is 0. The van der Waals surface area contributed by atoms with Crippen LogP contribution in [0.2, 0.25) is 0 Å². The van der Waals surface area contributed by atoms with E-state index >= 15 is 0 Å². The Kier molecular flexibility index (Phi) is 11.3. The van der Waals surface area contributed by atoms with Crippen LogP contribution in [-0.4, -0.2) is 81.4 Å². The Morgan fingerprint density at radius 2 is 1.22 bits per heavy atom. The molecule has 0 aromatic carbocycles. The molecule has 1 rings (SSSR count). The highest BCUT2D eigenvalue weighted by atomic mass is 31.2. The van der Waals surface area contributed by atoms with Gasteiger partial charge in [-0.1, -0.05) is 0 Å². The summed E-state index contributed by atoms with van der Waals surface area (Å²) < 4.78 is 49.1. The molecule has 0 bridgehead atoms. The minimum Gasteiger partial charge on any atom is -0.463 e. The molecule has 1 heterocycles. The predicted octanol–water partition coefficient (Wildman–Crippen LogP) is 1.38. The highest BCUT2D eigenvalue weighted by Gasteiger charge is 2.51. The van der Waals surface area contributed by atoms with E-state index in [0.717, 1.165) is 20.8 Å². The number of carbonyl (C=O) groups excluding carboxylic acids is 4. The summed E-state index contributed by atoms with van der Waals surface area (Å²) in [6.07, 6.45) is -4.94. The van der Waals surface area contributed by atoms with Crippen LogP contribution in [0, 0.1) is 0 Å². The van der Waals surface area contributed by atoms with Gasteiger partial charge in [0.2, 0.25) is 0 Å². The molecule has 0 aromatic heterocycles. The third-order valence-corrected chi connectivity index (χ3v) is 6.54. The van der Waals surface area contributed by atoms with Crippen LogP contribution in [-0.2, 0) is 56.5 Å². The Hall–Kier alpha value is -2.01. The molecule has 0 aromatic rings. The second-order valence-corrected chi connectivity index (χ2v) is 9.48. The number of ether oxygens (including phenoxy) is 5. The molecule has 0 radical (unpaired) electrons. The summed E-state index contributed by atoms with van der Waals surface area (Å²) in [5.74, 6) is -2.69. The second-order valence-electron chi connectivity index (χ2n) is 7.08. The first-order valence-corrected chi connectivity index (χ1v) is 11.7. The molecule has 0 aliphatic carbocycles. The minimum atomic E-state index is -3.29. The van der Waals surface area contributed by atoms with E-state index in [-0.39, 0.29) is 25.6 Å². The van der Waals surface area contributed by atoms with Gasteiger partial charge < -0.3 is 32.7 Å². The largest absolute Gasteiger partial charge is 0.463 e. The lowest BCUT2D eigenvalue weighted by Crippen LogP contribution is -2.62. The molecule has 1 aliphatic rings. The zero-order valence-corrected chi connectivity index (χ0v) is 20.0. The van der Waals surface area contributed by atoms with Crippen molar-refractivity contribution in [1.29, 1.82) is 0 Å². The van der Waals surface area contributed by atoms with Crippen molar-refractivity contribution in [2.45, 2.75) is 71.1 Å². The van der Waals surface area contributed by atoms with Crippen LogP contribution < -0.4 is 0 Å². The molecule has 1 fully saturated rings. The maximum absolute atomic E-state index is 12.3. The quantitative estimate of drug-likeness (QED) is 0.238. The van der Waals surface area contributed by atoms with Gasteiger partial charge in [0.1, 0.15) is 12.7 Å². The molecule has 0 amide bonds. The van der Waals surface area contributed by atoms with E-state index in [1.54, 1.807) is 0 Å². The van der Waals surface area contributed by atoms with Crippen molar-refractivity contribution in [3.8, 4) is 0 Å². The molecule has 184 valence electrons. The summed E-state index contributed by atoms with van der Waals surface area (Å²) in [6, 6.07) is 0. The van der Waals surface area contributed by atoms with Crippen LogP contribution in [0.25, 0.3) is 0 Å². The molecule has 1 aliphatic heterocycles. The molecule has 0 unspecified atom stereocenters. The molecule has 0 spiro atoms. The third kappa shape index (κ3) is 8.85. The lowest BCUT2D eigenvalue weighted by molar-refractivity contribution is -0.253. The van der Waals surface area contributed by atoms with E-state index in [1.807, 2.05) is 0 Å². The van der Waals surface area contributed by atoms with Crippen molar-refractivity contribution >= 4 is 31.5 Å². The molecule has 0 N–H and O–H groups in total. The van der Waals surface area contributed by atoms with Gasteiger partial charge in [-0.2, -0.15) is 0 Å². The average Bonchev–Trinajstić information content (AvgIpc) is 2.69. The van der Waals surface area contributed by atoms with Gasteiger partial charge in [0.15, 0.2) is 18.3 Å². The van der Waals surface area contributed by atoms with Gasteiger partial charge in [0, 0.05) is 41.9 Å². The third-order valence-electron chi connectivity index (χ3n) is 4.56. The number of hydrogen-bond acceptors (Lipinski definition) is 12. The van der Waals surface area contributed by atoms with E-state index in [2.05, 4.69) is 0 Å². The van der Waals surface area contributed by atoms with Gasteiger partial charge >= 0.3 is 31.5 Å². The standard InChI is InChI=1S/C19H31O12P/c1-11(20)27-10-16-18(29-13(3)22)19(30-14(4)23)17(28-12(2)21)15(31-16)8-7-9-32(24,25-5)26-6/h15-19H,7-10H2,1-6H3/t15-,16-,17+,18-,19-/m1/s1. The first kappa shape index (κ1) is 28.0. The molecule has 12 nitrogen and oxygen atoms in total. The lowest BCUT2D eigenvalue weighted by atomic mass is 9.92. The Morgan fingerprint density at radius 3 is 1.66 bits per heavy atom. The number of esters is 4. The smallest absolute Gasteiger partial charge is 0.330 e. The minimum absolute atomic E-state index is 0.0485. The summed E-state index contributed by atoms with van der Waals surface area (Å²) in [7, 11) is -0.768. The van der Waals surface area contributed by atoms with Gasteiger partial charge in [-0.25, -0.2) is 0 Å². The van der Waals surface area contributed by atoms with Gasteiger partial charge in [-0.15, -0.1) is 0 Å². The second kappa shape index (κ2) is 12.9. The molecule has 13 heteroatoms. The van der Waals surface area contributed by atoms with Crippen LogP contribution in [0.3, 0.4) is 0 Å². The topological polar surface area (TPSA) is 150 Å². The summed E-state index contributed by atoms with van der Waals surface area (Å²) in [6.45, 7) is 4.35. The number of rotatable bonds is 11. The fraction of sp³-hybridized carbons (Fsp3) is 0.789. The van der Waals surface area contributed by atoms with Crippen molar-refractivity contribution in [2.24, 2.45) is 0 Å². The Balaban J connectivity index is 3.23. The highest BCUT2D eigenvalue weighted by Crippen LogP contribution is 2.47. The number of carbonyl (C=O) groups is 4. The monoisotopic (exact) mass is 482 g/mol. The number of hydrogen-bond donors (Lipinski definition) is 0. The molecular formula is C19H31O12P. The molecule has 1 saturated heterocycles. The highest BCUT2D eigenvalue weighted by molar-refractivity contribution is 7.53. The summed E-state index contributed by atoms with van der Waals surface area (Å²) in [5.41, 5.74) is 0. The first-order chi connectivity index (χ1) is 14.9. The van der Waals surface area contributed by atoms with Crippen LogP contribution in [0.1, 0.15) is 40.5 Å². The Labute approximate surface area is 186 Å². The van der Waals surface area contributed by atoms with Crippen molar-refractivity contribution in [3.05, 3.63) is 0 Å². The van der Waals surface area contributed by atoms with Crippen LogP contribution in [0.5, 0.6) is 0 Å². The van der Waals surface area contributed by atoms with Gasteiger partial charge in [0.25, 0.3) is 0 Å². The zero-order chi connectivity index (χ0) is 24.5. The van der Waals surface area contributed by atoms with Gasteiger partial charge in [-0.3, -0.25) is 23.7 Å². The van der Waals surface area contributed by atoms with E-state index in [4.69, 9.17) is 32.7 Å². The summed E-state index contributed by atoms with van der Waals surface area (Å²) >= 11 is 0. The van der Waals surface area contributed by atoms with Crippen LogP contribution in [0.4, 0.5) is 0 Å². The maximum atomic E-state index is 12.3. The zero-order valence-electron chi connectivity index (χ0n) is 19.1. The predicted molar refractivity (Wildman–Crippen MR) is 108 cm³/mol. The maximum Gasteiger partial charge on any atom is 0.330 e. The fourth-order valence-electron chi connectivity index (χ4n) is 3.29. The van der Waals surface area contributed by atoms with E-state index < -0.39 is 62.0 Å². The van der Waals surface area contributed by atoms with Crippen molar-refractivity contribution in [2.75, 3.05) is 27.0 Å². The van der Waals surface area contributed by atoms with Crippen LogP contribution >= 0.6 is 7.60 Å².